The minimum atomic E-state index is -0.719. The zero-order valence-electron chi connectivity index (χ0n) is 19.4. The van der Waals surface area contributed by atoms with Gasteiger partial charge in [0.2, 0.25) is 5.91 Å². The van der Waals surface area contributed by atoms with Crippen molar-refractivity contribution in [1.82, 2.24) is 0 Å². The van der Waals surface area contributed by atoms with Crippen molar-refractivity contribution >= 4 is 41.1 Å². The molecule has 1 saturated heterocycles. The highest BCUT2D eigenvalue weighted by Crippen LogP contribution is 2.26. The average Bonchev–Trinajstić information content (AvgIpc) is 3.27. The van der Waals surface area contributed by atoms with E-state index < -0.39 is 36.3 Å². The summed E-state index contributed by atoms with van der Waals surface area (Å²) in [5, 5.41) is 2.56. The fraction of sp³-hybridized carbons (Fsp3) is 0.320. The Kier molecular flexibility index (Phi) is 8.55. The Morgan fingerprint density at radius 3 is 2.20 bits per heavy atom. The standard InChI is InChI=1S/C25H26N2O8/c1-3-12-34-24(31)17-6-10-20(11-7-17)27-14-18(13-22(27)29)25(32)35-15-21(28)26-19-8-4-16(5-9-19)23(30)33-2/h4-11,18H,3,12-15H2,1-2H3,(H,26,28)/t18-/m1/s1. The van der Waals surface area contributed by atoms with Gasteiger partial charge in [-0.15, -0.1) is 0 Å². The summed E-state index contributed by atoms with van der Waals surface area (Å²) in [6.07, 6.45) is 0.672. The second kappa shape index (κ2) is 11.8. The highest BCUT2D eigenvalue weighted by Gasteiger charge is 2.36. The summed E-state index contributed by atoms with van der Waals surface area (Å²) in [6.45, 7) is 1.81. The van der Waals surface area contributed by atoms with Crippen LogP contribution in [0.5, 0.6) is 0 Å². The predicted molar refractivity (Wildman–Crippen MR) is 125 cm³/mol. The van der Waals surface area contributed by atoms with Crippen molar-refractivity contribution in [2.45, 2.75) is 19.8 Å². The number of nitrogens with one attached hydrogen (secondary N) is 1. The highest BCUT2D eigenvalue weighted by atomic mass is 16.5. The van der Waals surface area contributed by atoms with E-state index in [0.717, 1.165) is 6.42 Å². The summed E-state index contributed by atoms with van der Waals surface area (Å²) in [4.78, 5) is 61.8. The molecule has 10 nitrogen and oxygen atoms in total. The summed E-state index contributed by atoms with van der Waals surface area (Å²) in [6, 6.07) is 12.4. The smallest absolute Gasteiger partial charge is 0.338 e. The lowest BCUT2D eigenvalue weighted by atomic mass is 10.1. The Balaban J connectivity index is 1.49. The molecule has 2 aromatic carbocycles. The number of ether oxygens (including phenoxy) is 3. The molecule has 10 heteroatoms. The van der Waals surface area contributed by atoms with Crippen molar-refractivity contribution in [2.75, 3.05) is 37.1 Å². The molecule has 0 radical (unpaired) electrons. The van der Waals surface area contributed by atoms with Crippen molar-refractivity contribution in [3.05, 3.63) is 59.7 Å². The van der Waals surface area contributed by atoms with Crippen LogP contribution < -0.4 is 10.2 Å². The van der Waals surface area contributed by atoms with E-state index in [0.29, 0.717) is 29.1 Å². The number of methoxy groups -OCH3 is 1. The molecule has 1 atom stereocenters. The van der Waals surface area contributed by atoms with Gasteiger partial charge in [0.15, 0.2) is 6.61 Å². The Bertz CT molecular complexity index is 1100. The summed E-state index contributed by atoms with van der Waals surface area (Å²) < 4.78 is 14.8. The second-order valence-corrected chi connectivity index (χ2v) is 7.81. The van der Waals surface area contributed by atoms with E-state index in [-0.39, 0.29) is 18.9 Å². The van der Waals surface area contributed by atoms with E-state index >= 15 is 0 Å². The first-order chi connectivity index (χ1) is 16.8. The minimum Gasteiger partial charge on any atom is -0.465 e. The van der Waals surface area contributed by atoms with E-state index in [2.05, 4.69) is 10.1 Å². The normalized spacial score (nSPS) is 14.9. The van der Waals surface area contributed by atoms with Gasteiger partial charge in [0.25, 0.3) is 5.91 Å². The number of amides is 2. The van der Waals surface area contributed by atoms with Crippen molar-refractivity contribution in [1.29, 1.82) is 0 Å². The van der Waals surface area contributed by atoms with Gasteiger partial charge in [0.05, 0.1) is 30.8 Å². The quantitative estimate of drug-likeness (QED) is 0.427. The number of rotatable bonds is 9. The number of hydrogen-bond donors (Lipinski definition) is 1. The maximum absolute atomic E-state index is 12.4. The molecule has 0 bridgehead atoms. The van der Waals surface area contributed by atoms with Gasteiger partial charge in [-0.3, -0.25) is 14.4 Å². The number of hydrogen-bond acceptors (Lipinski definition) is 8. The van der Waals surface area contributed by atoms with Gasteiger partial charge in [-0.25, -0.2) is 9.59 Å². The average molecular weight is 482 g/mol. The molecule has 1 heterocycles. The molecule has 1 fully saturated rings. The van der Waals surface area contributed by atoms with Gasteiger partial charge in [-0.1, -0.05) is 6.92 Å². The Hall–Kier alpha value is -4.21. The van der Waals surface area contributed by atoms with Gasteiger partial charge < -0.3 is 24.4 Å². The molecule has 1 N–H and O–H groups in total. The lowest BCUT2D eigenvalue weighted by Gasteiger charge is -2.17. The van der Waals surface area contributed by atoms with Crippen LogP contribution in [-0.4, -0.2) is 56.6 Å². The fourth-order valence-electron chi connectivity index (χ4n) is 3.43. The van der Waals surface area contributed by atoms with Gasteiger partial charge in [-0.05, 0) is 55.0 Å². The zero-order valence-corrected chi connectivity index (χ0v) is 19.4. The SMILES string of the molecule is CCCOC(=O)c1ccc(N2C[C@H](C(=O)OCC(=O)Nc3ccc(C(=O)OC)cc3)CC2=O)cc1. The number of benzene rings is 2. The monoisotopic (exact) mass is 482 g/mol. The molecule has 0 saturated carbocycles. The van der Waals surface area contributed by atoms with Gasteiger partial charge in [0.1, 0.15) is 0 Å². The van der Waals surface area contributed by atoms with Crippen molar-refractivity contribution < 1.29 is 38.2 Å². The molecule has 0 unspecified atom stereocenters. The van der Waals surface area contributed by atoms with E-state index in [9.17, 15) is 24.0 Å². The van der Waals surface area contributed by atoms with Crippen molar-refractivity contribution in [3.63, 3.8) is 0 Å². The first kappa shape index (κ1) is 25.4. The summed E-state index contributed by atoms with van der Waals surface area (Å²) in [5.41, 5.74) is 1.67. The van der Waals surface area contributed by atoms with Crippen LogP contribution in [0.15, 0.2) is 48.5 Å². The molecule has 2 aromatic rings. The molecule has 35 heavy (non-hydrogen) atoms. The van der Waals surface area contributed by atoms with Gasteiger partial charge in [0, 0.05) is 24.3 Å². The number of anilines is 2. The van der Waals surface area contributed by atoms with E-state index in [1.54, 1.807) is 24.3 Å². The molecule has 0 spiro atoms. The van der Waals surface area contributed by atoms with Crippen LogP contribution in [0.3, 0.4) is 0 Å². The highest BCUT2D eigenvalue weighted by molar-refractivity contribution is 6.00. The van der Waals surface area contributed by atoms with Crippen LogP contribution in [0.4, 0.5) is 11.4 Å². The maximum atomic E-state index is 12.4. The van der Waals surface area contributed by atoms with Crippen LogP contribution in [-0.2, 0) is 28.6 Å². The minimum absolute atomic E-state index is 0.0459. The Labute approximate surface area is 202 Å². The fourth-order valence-corrected chi connectivity index (χ4v) is 3.43. The summed E-state index contributed by atoms with van der Waals surface area (Å²) in [5.74, 6) is -3.13. The van der Waals surface area contributed by atoms with Crippen molar-refractivity contribution in [2.24, 2.45) is 5.92 Å². The molecule has 3 rings (SSSR count). The van der Waals surface area contributed by atoms with Crippen molar-refractivity contribution in [3.8, 4) is 0 Å². The van der Waals surface area contributed by atoms with Gasteiger partial charge >= 0.3 is 17.9 Å². The predicted octanol–water partition coefficient (Wildman–Crippen LogP) is 2.57. The Morgan fingerprint density at radius 2 is 1.57 bits per heavy atom. The molecule has 0 aliphatic carbocycles. The van der Waals surface area contributed by atoms with Gasteiger partial charge in [-0.2, -0.15) is 0 Å². The first-order valence-corrected chi connectivity index (χ1v) is 11.0. The number of nitrogens with zero attached hydrogens (tertiary/aromatic N) is 1. The molecular weight excluding hydrogens is 456 g/mol. The number of carbonyl (C=O) groups excluding carboxylic acids is 5. The lowest BCUT2D eigenvalue weighted by Crippen LogP contribution is -2.28. The van der Waals surface area contributed by atoms with Crippen LogP contribution in [0.25, 0.3) is 0 Å². The molecule has 184 valence electrons. The largest absolute Gasteiger partial charge is 0.465 e. The molecule has 0 aromatic heterocycles. The molecule has 1 aliphatic rings. The summed E-state index contributed by atoms with van der Waals surface area (Å²) >= 11 is 0. The third kappa shape index (κ3) is 6.66. The van der Waals surface area contributed by atoms with Crippen LogP contribution in [0.2, 0.25) is 0 Å². The lowest BCUT2D eigenvalue weighted by molar-refractivity contribution is -0.151. The summed E-state index contributed by atoms with van der Waals surface area (Å²) in [7, 11) is 1.27. The van der Waals surface area contributed by atoms with E-state index in [4.69, 9.17) is 9.47 Å². The zero-order chi connectivity index (χ0) is 25.4. The Morgan fingerprint density at radius 1 is 0.943 bits per heavy atom. The number of carbonyl (C=O) groups is 5. The first-order valence-electron chi connectivity index (χ1n) is 11.0. The van der Waals surface area contributed by atoms with E-state index in [1.165, 1.54) is 36.3 Å². The van der Waals surface area contributed by atoms with Crippen LogP contribution in [0, 0.1) is 5.92 Å². The van der Waals surface area contributed by atoms with E-state index in [1.807, 2.05) is 6.92 Å². The second-order valence-electron chi connectivity index (χ2n) is 7.81. The molecular formula is C25H26N2O8. The third-order valence-corrected chi connectivity index (χ3v) is 5.25. The topological polar surface area (TPSA) is 128 Å². The molecule has 2 amide bonds. The van der Waals surface area contributed by atoms with Crippen LogP contribution in [0.1, 0.15) is 40.5 Å². The maximum Gasteiger partial charge on any atom is 0.338 e. The molecule has 1 aliphatic heterocycles. The third-order valence-electron chi connectivity index (χ3n) is 5.25. The van der Waals surface area contributed by atoms with Crippen LogP contribution >= 0.6 is 0 Å². The number of esters is 3.